The van der Waals surface area contributed by atoms with Gasteiger partial charge in [-0.2, -0.15) is 0 Å². The van der Waals surface area contributed by atoms with E-state index in [0.29, 0.717) is 31.8 Å². The predicted octanol–water partition coefficient (Wildman–Crippen LogP) is 0.443. The van der Waals surface area contributed by atoms with Crippen LogP contribution in [0.2, 0.25) is 0 Å². The Hall–Kier alpha value is -1.50. The van der Waals surface area contributed by atoms with Gasteiger partial charge in [0.2, 0.25) is 5.91 Å². The Bertz CT molecular complexity index is 496. The number of halogens is 1. The minimum absolute atomic E-state index is 0.0409. The van der Waals surface area contributed by atoms with Gasteiger partial charge in [0.25, 0.3) is 0 Å². The van der Waals surface area contributed by atoms with Crippen molar-refractivity contribution in [3.8, 4) is 0 Å². The summed E-state index contributed by atoms with van der Waals surface area (Å²) in [5.41, 5.74) is 1.33. The first kappa shape index (κ1) is 15.9. The summed E-state index contributed by atoms with van der Waals surface area (Å²) in [5, 5.41) is 11.8. The van der Waals surface area contributed by atoms with Crippen LogP contribution < -0.4 is 5.32 Å². The average molecular weight is 296 g/mol. The standard InChI is InChI=1S/C15H21FN2O3/c1-11-2-3-12(6-14(11)16)7-17-15(20)9-18-4-5-21-13(8-18)10-19/h2-3,6,13,19H,4-5,7-10H2,1H3,(H,17,20). The molecule has 0 spiro atoms. The number of hydrogen-bond acceptors (Lipinski definition) is 4. The Morgan fingerprint density at radius 1 is 1.57 bits per heavy atom. The van der Waals surface area contributed by atoms with Gasteiger partial charge in [-0.15, -0.1) is 0 Å². The Labute approximate surface area is 123 Å². The number of aryl methyl sites for hydroxylation is 1. The van der Waals surface area contributed by atoms with Gasteiger partial charge in [-0.05, 0) is 24.1 Å². The van der Waals surface area contributed by atoms with Crippen LogP contribution in [0.25, 0.3) is 0 Å². The lowest BCUT2D eigenvalue weighted by Gasteiger charge is -2.31. The van der Waals surface area contributed by atoms with E-state index in [-0.39, 0.29) is 31.0 Å². The van der Waals surface area contributed by atoms with Crippen LogP contribution in [0.1, 0.15) is 11.1 Å². The van der Waals surface area contributed by atoms with Gasteiger partial charge < -0.3 is 15.2 Å². The largest absolute Gasteiger partial charge is 0.394 e. The molecule has 1 fully saturated rings. The Morgan fingerprint density at radius 2 is 2.38 bits per heavy atom. The number of ether oxygens (including phenoxy) is 1. The third-order valence-electron chi connectivity index (χ3n) is 3.52. The van der Waals surface area contributed by atoms with Gasteiger partial charge in [0.05, 0.1) is 25.9 Å². The number of carbonyl (C=O) groups excluding carboxylic acids is 1. The van der Waals surface area contributed by atoms with E-state index in [0.717, 1.165) is 5.56 Å². The number of rotatable bonds is 5. The molecule has 2 N–H and O–H groups in total. The summed E-state index contributed by atoms with van der Waals surface area (Å²) in [7, 11) is 0. The fourth-order valence-corrected chi connectivity index (χ4v) is 2.24. The van der Waals surface area contributed by atoms with Gasteiger partial charge in [-0.1, -0.05) is 12.1 Å². The van der Waals surface area contributed by atoms with Crippen LogP contribution in [0.5, 0.6) is 0 Å². The number of nitrogens with zero attached hydrogens (tertiary/aromatic N) is 1. The third-order valence-corrected chi connectivity index (χ3v) is 3.52. The number of morpholine rings is 1. The van der Waals surface area contributed by atoms with Crippen molar-refractivity contribution in [2.45, 2.75) is 19.6 Å². The van der Waals surface area contributed by atoms with Crippen molar-refractivity contribution in [3.63, 3.8) is 0 Å². The molecule has 1 aromatic rings. The Balaban J connectivity index is 1.77. The number of carbonyl (C=O) groups is 1. The van der Waals surface area contributed by atoms with E-state index in [4.69, 9.17) is 9.84 Å². The topological polar surface area (TPSA) is 61.8 Å². The SMILES string of the molecule is Cc1ccc(CNC(=O)CN2CCOC(CO)C2)cc1F. The first-order valence-corrected chi connectivity index (χ1v) is 7.05. The second-order valence-electron chi connectivity index (χ2n) is 5.27. The molecule has 116 valence electrons. The summed E-state index contributed by atoms with van der Waals surface area (Å²) < 4.78 is 18.7. The molecule has 1 heterocycles. The quantitative estimate of drug-likeness (QED) is 0.828. The van der Waals surface area contributed by atoms with Gasteiger partial charge in [-0.25, -0.2) is 4.39 Å². The number of amides is 1. The molecular weight excluding hydrogens is 275 g/mol. The van der Waals surface area contributed by atoms with Crippen molar-refractivity contribution in [2.24, 2.45) is 0 Å². The van der Waals surface area contributed by atoms with Crippen LogP contribution in [0, 0.1) is 12.7 Å². The predicted molar refractivity (Wildman–Crippen MR) is 76.2 cm³/mol. The first-order chi connectivity index (χ1) is 10.1. The molecule has 2 rings (SSSR count). The number of nitrogens with one attached hydrogen (secondary N) is 1. The Kier molecular flexibility index (Phi) is 5.67. The molecule has 0 aliphatic carbocycles. The zero-order chi connectivity index (χ0) is 15.2. The molecule has 0 saturated carbocycles. The van der Waals surface area contributed by atoms with Crippen LogP contribution in [0.15, 0.2) is 18.2 Å². The van der Waals surface area contributed by atoms with Crippen LogP contribution in [-0.4, -0.2) is 54.9 Å². The highest BCUT2D eigenvalue weighted by Gasteiger charge is 2.21. The van der Waals surface area contributed by atoms with E-state index in [2.05, 4.69) is 5.32 Å². The van der Waals surface area contributed by atoms with Crippen LogP contribution in [-0.2, 0) is 16.1 Å². The highest BCUT2D eigenvalue weighted by molar-refractivity contribution is 5.78. The first-order valence-electron chi connectivity index (χ1n) is 7.05. The minimum Gasteiger partial charge on any atom is -0.394 e. The maximum Gasteiger partial charge on any atom is 0.234 e. The molecule has 0 radical (unpaired) electrons. The van der Waals surface area contributed by atoms with Crippen LogP contribution in [0.3, 0.4) is 0 Å². The zero-order valence-electron chi connectivity index (χ0n) is 12.1. The van der Waals surface area contributed by atoms with Crippen LogP contribution >= 0.6 is 0 Å². The van der Waals surface area contributed by atoms with E-state index in [1.54, 1.807) is 19.1 Å². The van der Waals surface area contributed by atoms with Crippen molar-refractivity contribution in [1.29, 1.82) is 0 Å². The number of aliphatic hydroxyl groups excluding tert-OH is 1. The molecule has 6 heteroatoms. The lowest BCUT2D eigenvalue weighted by Crippen LogP contribution is -2.47. The number of benzene rings is 1. The maximum absolute atomic E-state index is 13.4. The van der Waals surface area contributed by atoms with E-state index >= 15 is 0 Å². The summed E-state index contributed by atoms with van der Waals surface area (Å²) in [4.78, 5) is 13.8. The van der Waals surface area contributed by atoms with E-state index in [1.165, 1.54) is 6.07 Å². The van der Waals surface area contributed by atoms with Crippen molar-refractivity contribution in [2.75, 3.05) is 32.8 Å². The van der Waals surface area contributed by atoms with Crippen LogP contribution in [0.4, 0.5) is 4.39 Å². The third kappa shape index (κ3) is 4.77. The van der Waals surface area contributed by atoms with Gasteiger partial charge in [-0.3, -0.25) is 9.69 Å². The van der Waals surface area contributed by atoms with Gasteiger partial charge in [0.1, 0.15) is 5.82 Å². The highest BCUT2D eigenvalue weighted by Crippen LogP contribution is 2.09. The normalized spacial score (nSPS) is 19.5. The number of aliphatic hydroxyl groups is 1. The maximum atomic E-state index is 13.4. The van der Waals surface area contributed by atoms with Crippen molar-refractivity contribution < 1.29 is 19.0 Å². The molecule has 0 aromatic heterocycles. The van der Waals surface area contributed by atoms with Crippen molar-refractivity contribution in [3.05, 3.63) is 35.1 Å². The molecule has 1 aromatic carbocycles. The molecular formula is C15H21FN2O3. The molecule has 1 aliphatic rings. The summed E-state index contributed by atoms with van der Waals surface area (Å²) in [5.74, 6) is -0.379. The molecule has 0 bridgehead atoms. The smallest absolute Gasteiger partial charge is 0.234 e. The number of hydrogen-bond donors (Lipinski definition) is 2. The monoisotopic (exact) mass is 296 g/mol. The molecule has 1 amide bonds. The van der Waals surface area contributed by atoms with Crippen molar-refractivity contribution >= 4 is 5.91 Å². The van der Waals surface area contributed by atoms with E-state index in [1.807, 2.05) is 4.90 Å². The van der Waals surface area contributed by atoms with E-state index < -0.39 is 0 Å². The summed E-state index contributed by atoms with van der Waals surface area (Å²) in [6.45, 7) is 3.96. The summed E-state index contributed by atoms with van der Waals surface area (Å²) in [6, 6.07) is 4.94. The second-order valence-corrected chi connectivity index (χ2v) is 5.27. The second kappa shape index (κ2) is 7.49. The van der Waals surface area contributed by atoms with Gasteiger partial charge >= 0.3 is 0 Å². The van der Waals surface area contributed by atoms with E-state index in [9.17, 15) is 9.18 Å². The molecule has 1 atom stereocenters. The summed E-state index contributed by atoms with van der Waals surface area (Å²) in [6.07, 6.45) is -0.224. The zero-order valence-corrected chi connectivity index (χ0v) is 12.1. The van der Waals surface area contributed by atoms with Gasteiger partial charge in [0, 0.05) is 19.6 Å². The van der Waals surface area contributed by atoms with Gasteiger partial charge in [0.15, 0.2) is 0 Å². The molecule has 1 saturated heterocycles. The lowest BCUT2D eigenvalue weighted by atomic mass is 10.1. The Morgan fingerprint density at radius 3 is 3.10 bits per heavy atom. The molecule has 1 aliphatic heterocycles. The fourth-order valence-electron chi connectivity index (χ4n) is 2.24. The average Bonchev–Trinajstić information content (AvgIpc) is 2.48. The van der Waals surface area contributed by atoms with Crippen molar-refractivity contribution in [1.82, 2.24) is 10.2 Å². The fraction of sp³-hybridized carbons (Fsp3) is 0.533. The molecule has 21 heavy (non-hydrogen) atoms. The lowest BCUT2D eigenvalue weighted by molar-refractivity contribution is -0.125. The summed E-state index contributed by atoms with van der Waals surface area (Å²) >= 11 is 0. The highest BCUT2D eigenvalue weighted by atomic mass is 19.1. The molecule has 5 nitrogen and oxygen atoms in total. The molecule has 1 unspecified atom stereocenters. The minimum atomic E-state index is -0.263.